The molecule has 1 aliphatic heterocycles. The second kappa shape index (κ2) is 7.79. The molecular weight excluding hydrogens is 454 g/mol. The molecule has 174 valence electrons. The number of hydrogen-bond acceptors (Lipinski definition) is 5. The molecule has 34 heavy (non-hydrogen) atoms. The Morgan fingerprint density at radius 2 is 1.79 bits per heavy atom. The highest BCUT2D eigenvalue weighted by molar-refractivity contribution is 6.07. The summed E-state index contributed by atoms with van der Waals surface area (Å²) in [4.78, 5) is 22.4. The SMILES string of the molecule is Cc1cc(N2CCOc3cnn(C)c3C2=O)c(F)cc1-c1ccc2nc(C(F)(F)F)ccc2n1. The van der Waals surface area contributed by atoms with Crippen LogP contribution in [0.5, 0.6) is 5.75 Å². The zero-order valence-electron chi connectivity index (χ0n) is 18.0. The topological polar surface area (TPSA) is 73.1 Å². The van der Waals surface area contributed by atoms with E-state index < -0.39 is 23.6 Å². The zero-order chi connectivity index (χ0) is 24.2. The molecule has 0 saturated heterocycles. The molecule has 0 aliphatic carbocycles. The number of carbonyl (C=O) groups is 1. The normalized spacial score (nSPS) is 14.2. The predicted molar refractivity (Wildman–Crippen MR) is 115 cm³/mol. The molecule has 3 aromatic heterocycles. The fraction of sp³-hybridized carbons (Fsp3) is 0.217. The highest BCUT2D eigenvalue weighted by atomic mass is 19.4. The van der Waals surface area contributed by atoms with Gasteiger partial charge in [-0.2, -0.15) is 18.3 Å². The number of hydrogen-bond donors (Lipinski definition) is 0. The highest BCUT2D eigenvalue weighted by Gasteiger charge is 2.33. The summed E-state index contributed by atoms with van der Waals surface area (Å²) in [7, 11) is 1.60. The summed E-state index contributed by atoms with van der Waals surface area (Å²) in [6.07, 6.45) is -3.12. The minimum atomic E-state index is -4.56. The molecule has 0 spiro atoms. The zero-order valence-corrected chi connectivity index (χ0v) is 18.0. The number of halogens is 4. The van der Waals surface area contributed by atoms with Gasteiger partial charge >= 0.3 is 6.18 Å². The van der Waals surface area contributed by atoms with Crippen LogP contribution in [-0.2, 0) is 13.2 Å². The second-order valence-corrected chi connectivity index (χ2v) is 7.83. The summed E-state index contributed by atoms with van der Waals surface area (Å²) in [6.45, 7) is 2.05. The molecule has 1 aromatic carbocycles. The van der Waals surface area contributed by atoms with Crippen molar-refractivity contribution < 1.29 is 27.1 Å². The molecule has 1 amide bonds. The van der Waals surface area contributed by atoms with Crippen LogP contribution in [0.3, 0.4) is 0 Å². The van der Waals surface area contributed by atoms with Crippen molar-refractivity contribution in [1.29, 1.82) is 0 Å². The van der Waals surface area contributed by atoms with Crippen LogP contribution in [0.4, 0.5) is 23.2 Å². The lowest BCUT2D eigenvalue weighted by atomic mass is 10.0. The summed E-state index contributed by atoms with van der Waals surface area (Å²) < 4.78 is 61.0. The molecule has 7 nitrogen and oxygen atoms in total. The van der Waals surface area contributed by atoms with E-state index in [1.165, 1.54) is 40.0 Å². The molecule has 0 atom stereocenters. The number of rotatable bonds is 2. The Balaban J connectivity index is 1.53. The van der Waals surface area contributed by atoms with Gasteiger partial charge in [0.2, 0.25) is 0 Å². The maximum absolute atomic E-state index is 15.3. The van der Waals surface area contributed by atoms with Crippen molar-refractivity contribution in [3.8, 4) is 17.0 Å². The van der Waals surface area contributed by atoms with Crippen molar-refractivity contribution >= 4 is 22.6 Å². The van der Waals surface area contributed by atoms with E-state index in [9.17, 15) is 18.0 Å². The molecule has 5 rings (SSSR count). The first-order valence-corrected chi connectivity index (χ1v) is 10.3. The van der Waals surface area contributed by atoms with Gasteiger partial charge in [0.25, 0.3) is 5.91 Å². The molecule has 0 fully saturated rings. The fourth-order valence-corrected chi connectivity index (χ4v) is 3.94. The quantitative estimate of drug-likeness (QED) is 0.402. The van der Waals surface area contributed by atoms with Crippen molar-refractivity contribution in [2.45, 2.75) is 13.1 Å². The summed E-state index contributed by atoms with van der Waals surface area (Å²) >= 11 is 0. The van der Waals surface area contributed by atoms with E-state index in [2.05, 4.69) is 15.1 Å². The Bertz CT molecular complexity index is 1450. The number of benzene rings is 1. The third-order valence-corrected chi connectivity index (χ3v) is 5.62. The first-order valence-electron chi connectivity index (χ1n) is 10.3. The van der Waals surface area contributed by atoms with Gasteiger partial charge in [-0.15, -0.1) is 0 Å². The third kappa shape index (κ3) is 3.62. The number of aromatic nitrogens is 4. The van der Waals surface area contributed by atoms with Gasteiger partial charge in [0.15, 0.2) is 11.4 Å². The van der Waals surface area contributed by atoms with Crippen LogP contribution in [0.25, 0.3) is 22.3 Å². The number of amides is 1. The number of aryl methyl sites for hydroxylation is 2. The summed E-state index contributed by atoms with van der Waals surface area (Å²) in [5.41, 5.74) is 1.07. The first kappa shape index (κ1) is 21.8. The summed E-state index contributed by atoms with van der Waals surface area (Å²) in [6, 6.07) is 7.80. The van der Waals surface area contributed by atoms with Gasteiger partial charge in [0.1, 0.15) is 18.1 Å². The maximum atomic E-state index is 15.3. The van der Waals surface area contributed by atoms with E-state index in [-0.39, 0.29) is 35.6 Å². The lowest BCUT2D eigenvalue weighted by Crippen LogP contribution is -2.34. The smallest absolute Gasteiger partial charge is 0.433 e. The number of fused-ring (bicyclic) bond motifs is 2. The van der Waals surface area contributed by atoms with E-state index >= 15 is 4.39 Å². The van der Waals surface area contributed by atoms with Crippen LogP contribution in [0.2, 0.25) is 0 Å². The molecule has 0 radical (unpaired) electrons. The number of carbonyl (C=O) groups excluding carboxylic acids is 1. The molecule has 0 N–H and O–H groups in total. The fourth-order valence-electron chi connectivity index (χ4n) is 3.94. The lowest BCUT2D eigenvalue weighted by Gasteiger charge is -2.22. The minimum Gasteiger partial charge on any atom is -0.488 e. The van der Waals surface area contributed by atoms with Gasteiger partial charge in [-0.25, -0.2) is 14.4 Å². The Morgan fingerprint density at radius 3 is 2.56 bits per heavy atom. The highest BCUT2D eigenvalue weighted by Crippen LogP contribution is 2.34. The Labute approximate surface area is 190 Å². The monoisotopic (exact) mass is 471 g/mol. The van der Waals surface area contributed by atoms with Gasteiger partial charge in [0, 0.05) is 12.6 Å². The third-order valence-electron chi connectivity index (χ3n) is 5.62. The molecule has 11 heteroatoms. The largest absolute Gasteiger partial charge is 0.488 e. The van der Waals surface area contributed by atoms with Crippen LogP contribution in [0, 0.1) is 12.7 Å². The molecule has 1 aliphatic rings. The maximum Gasteiger partial charge on any atom is 0.433 e. The van der Waals surface area contributed by atoms with Crippen LogP contribution < -0.4 is 9.64 Å². The van der Waals surface area contributed by atoms with E-state index in [0.717, 1.165) is 6.07 Å². The summed E-state index contributed by atoms with van der Waals surface area (Å²) in [5, 5.41) is 4.03. The Hall–Kier alpha value is -4.02. The van der Waals surface area contributed by atoms with Crippen LogP contribution in [0.1, 0.15) is 21.7 Å². The van der Waals surface area contributed by atoms with E-state index in [0.29, 0.717) is 22.6 Å². The Kier molecular flexibility index (Phi) is 4.99. The van der Waals surface area contributed by atoms with Crippen molar-refractivity contribution in [1.82, 2.24) is 19.7 Å². The molecule has 0 bridgehead atoms. The van der Waals surface area contributed by atoms with Crippen LogP contribution >= 0.6 is 0 Å². The lowest BCUT2D eigenvalue weighted by molar-refractivity contribution is -0.140. The van der Waals surface area contributed by atoms with Gasteiger partial charge < -0.3 is 9.64 Å². The van der Waals surface area contributed by atoms with Crippen molar-refractivity contribution in [3.63, 3.8) is 0 Å². The van der Waals surface area contributed by atoms with Gasteiger partial charge in [-0.3, -0.25) is 9.48 Å². The molecule has 4 heterocycles. The van der Waals surface area contributed by atoms with Gasteiger partial charge in [-0.1, -0.05) is 0 Å². The van der Waals surface area contributed by atoms with E-state index in [1.807, 2.05) is 0 Å². The van der Waals surface area contributed by atoms with Crippen LogP contribution in [0.15, 0.2) is 42.6 Å². The number of alkyl halides is 3. The average Bonchev–Trinajstić information content (AvgIpc) is 3.07. The molecular formula is C23H17F4N5O2. The van der Waals surface area contributed by atoms with Crippen LogP contribution in [-0.4, -0.2) is 38.8 Å². The standard InChI is InChI=1S/C23H17F4N5O2/c1-12-9-18(32-7-8-34-19-11-28-31(2)21(19)22(32)33)14(24)10-13(12)15-3-4-17-16(29-15)5-6-20(30-17)23(25,26)27/h3-6,9-11H,7-8H2,1-2H3. The summed E-state index contributed by atoms with van der Waals surface area (Å²) in [5.74, 6) is -0.743. The number of nitrogens with zero attached hydrogens (tertiary/aromatic N) is 5. The van der Waals surface area contributed by atoms with Crippen molar-refractivity contribution in [3.05, 3.63) is 65.4 Å². The van der Waals surface area contributed by atoms with E-state index in [4.69, 9.17) is 4.74 Å². The van der Waals surface area contributed by atoms with E-state index in [1.54, 1.807) is 20.0 Å². The number of pyridine rings is 2. The Morgan fingerprint density at radius 1 is 1.06 bits per heavy atom. The number of anilines is 1. The molecule has 0 unspecified atom stereocenters. The number of ether oxygens (including phenoxy) is 1. The van der Waals surface area contributed by atoms with Crippen molar-refractivity contribution in [2.75, 3.05) is 18.1 Å². The van der Waals surface area contributed by atoms with Gasteiger partial charge in [0.05, 0.1) is 35.2 Å². The minimum absolute atomic E-state index is 0.0791. The van der Waals surface area contributed by atoms with Crippen molar-refractivity contribution in [2.24, 2.45) is 7.05 Å². The second-order valence-electron chi connectivity index (χ2n) is 7.83. The molecule has 0 saturated carbocycles. The molecule has 4 aromatic rings. The predicted octanol–water partition coefficient (Wildman–Crippen LogP) is 4.54. The average molecular weight is 471 g/mol. The van der Waals surface area contributed by atoms with Gasteiger partial charge in [-0.05, 0) is 48.9 Å². The first-order chi connectivity index (χ1) is 16.1.